The largest absolute Gasteiger partial charge is 0.440 e. The summed E-state index contributed by atoms with van der Waals surface area (Å²) in [5.41, 5.74) is 0.110. The fraction of sp³-hybridized carbons (Fsp3) is 0.522. The van der Waals surface area contributed by atoms with Gasteiger partial charge in [-0.05, 0) is 50.9 Å². The van der Waals surface area contributed by atoms with Gasteiger partial charge < -0.3 is 14.3 Å². The molecule has 2 aliphatic heterocycles. The molecule has 0 saturated carbocycles. The highest BCUT2D eigenvalue weighted by Crippen LogP contribution is 2.42. The van der Waals surface area contributed by atoms with Crippen molar-refractivity contribution in [2.24, 2.45) is 13.0 Å². The summed E-state index contributed by atoms with van der Waals surface area (Å²) < 4.78 is 61.2. The monoisotopic (exact) mass is 510 g/mol. The van der Waals surface area contributed by atoms with Gasteiger partial charge in [-0.15, -0.1) is 10.2 Å². The quantitative estimate of drug-likeness (QED) is 0.286. The van der Waals surface area contributed by atoms with Gasteiger partial charge in [-0.25, -0.2) is 9.37 Å². The van der Waals surface area contributed by atoms with Crippen molar-refractivity contribution in [1.82, 2.24) is 30.0 Å². The number of likely N-dealkylation sites (tertiary alicyclic amines) is 1. The third kappa shape index (κ3) is 4.70. The summed E-state index contributed by atoms with van der Waals surface area (Å²) in [5, 5.41) is 12.7. The van der Waals surface area contributed by atoms with E-state index in [1.807, 2.05) is 18.5 Å². The van der Waals surface area contributed by atoms with Crippen molar-refractivity contribution < 1.29 is 22.0 Å². The number of benzene rings is 1. The lowest BCUT2D eigenvalue weighted by Gasteiger charge is -2.29. The number of aryl methyl sites for hydroxylation is 1. The Morgan fingerprint density at radius 3 is 2.80 bits per heavy atom. The Labute approximate surface area is 204 Å². The summed E-state index contributed by atoms with van der Waals surface area (Å²) in [7, 11) is 1.87. The Balaban J connectivity index is 1.25. The Hall–Kier alpha value is -2.44. The minimum Gasteiger partial charge on any atom is -0.440 e. The van der Waals surface area contributed by atoms with Crippen molar-refractivity contribution in [3.05, 3.63) is 47.2 Å². The summed E-state index contributed by atoms with van der Waals surface area (Å²) in [4.78, 5) is 6.30. The van der Waals surface area contributed by atoms with Crippen molar-refractivity contribution >= 4 is 11.8 Å². The molecule has 1 aromatic carbocycles. The lowest BCUT2D eigenvalue weighted by Crippen LogP contribution is -2.35. The van der Waals surface area contributed by atoms with Gasteiger partial charge in [-0.1, -0.05) is 17.8 Å². The van der Waals surface area contributed by atoms with Crippen molar-refractivity contribution in [1.29, 1.82) is 0 Å². The first-order valence-electron chi connectivity index (χ1n) is 11.5. The van der Waals surface area contributed by atoms with Crippen LogP contribution in [0.15, 0.2) is 34.2 Å². The first-order chi connectivity index (χ1) is 16.7. The van der Waals surface area contributed by atoms with Crippen LogP contribution in [0.3, 0.4) is 0 Å². The van der Waals surface area contributed by atoms with Crippen molar-refractivity contribution in [3.63, 3.8) is 0 Å². The minimum atomic E-state index is -4.56. The van der Waals surface area contributed by atoms with Gasteiger partial charge in [0, 0.05) is 31.0 Å². The topological polar surface area (TPSA) is 72.0 Å². The number of fused-ring (bicyclic) bond motifs is 1. The number of hydrogen-bond acceptors (Lipinski definition) is 7. The zero-order chi connectivity index (χ0) is 24.7. The molecule has 1 N–H and O–H groups in total. The maximum absolute atomic E-state index is 14.9. The van der Waals surface area contributed by atoms with Crippen LogP contribution in [0.5, 0.6) is 0 Å². The van der Waals surface area contributed by atoms with Crippen LogP contribution < -0.4 is 5.32 Å². The van der Waals surface area contributed by atoms with E-state index in [0.29, 0.717) is 35.7 Å². The van der Waals surface area contributed by atoms with E-state index in [1.165, 1.54) is 12.5 Å². The molecule has 0 spiro atoms. The highest BCUT2D eigenvalue weighted by atomic mass is 32.2. The van der Waals surface area contributed by atoms with Gasteiger partial charge in [-0.3, -0.25) is 4.90 Å². The second-order valence-electron chi connectivity index (χ2n) is 9.04. The molecule has 2 saturated heterocycles. The average molecular weight is 511 g/mol. The van der Waals surface area contributed by atoms with E-state index in [9.17, 15) is 17.6 Å². The lowest BCUT2D eigenvalue weighted by atomic mass is 9.94. The molecule has 4 heterocycles. The van der Waals surface area contributed by atoms with E-state index in [2.05, 4.69) is 25.4 Å². The van der Waals surface area contributed by atoms with E-state index >= 15 is 0 Å². The Kier molecular flexibility index (Phi) is 6.62. The first kappa shape index (κ1) is 24.3. The molecule has 12 heteroatoms. The Morgan fingerprint density at radius 1 is 1.26 bits per heavy atom. The fourth-order valence-electron chi connectivity index (χ4n) is 5.15. The first-order valence-corrected chi connectivity index (χ1v) is 12.5. The van der Waals surface area contributed by atoms with Gasteiger partial charge in [0.25, 0.3) is 0 Å². The predicted molar refractivity (Wildman–Crippen MR) is 122 cm³/mol. The highest BCUT2D eigenvalue weighted by Gasteiger charge is 2.45. The number of nitrogens with zero attached hydrogens (tertiary/aromatic N) is 5. The van der Waals surface area contributed by atoms with Gasteiger partial charge >= 0.3 is 6.18 Å². The summed E-state index contributed by atoms with van der Waals surface area (Å²) in [6, 6.07) is 2.66. The molecule has 5 rings (SSSR count). The SMILES string of the molecule is Cc1ncoc1-c1nnc(SCCCN2CC3CCNC3C2c2ccc(C(F)(F)F)cc2F)n1C. The molecule has 0 bridgehead atoms. The molecule has 0 amide bonds. The molecular weight excluding hydrogens is 484 g/mol. The van der Waals surface area contributed by atoms with E-state index in [1.54, 1.807) is 11.8 Å². The molecule has 188 valence electrons. The normalized spacial score (nSPS) is 22.7. The molecule has 2 aromatic heterocycles. The summed E-state index contributed by atoms with van der Waals surface area (Å²) in [6.07, 6.45) is -1.39. The maximum atomic E-state index is 14.9. The van der Waals surface area contributed by atoms with E-state index in [4.69, 9.17) is 4.42 Å². The van der Waals surface area contributed by atoms with Crippen LogP contribution in [0.4, 0.5) is 17.6 Å². The number of halogens is 4. The van der Waals surface area contributed by atoms with Gasteiger partial charge in [0.05, 0.1) is 17.3 Å². The third-order valence-electron chi connectivity index (χ3n) is 6.86. The van der Waals surface area contributed by atoms with Gasteiger partial charge in [-0.2, -0.15) is 13.2 Å². The van der Waals surface area contributed by atoms with Crippen LogP contribution in [-0.4, -0.2) is 56.1 Å². The van der Waals surface area contributed by atoms with Crippen LogP contribution in [0, 0.1) is 18.7 Å². The molecule has 0 aliphatic carbocycles. The standard InChI is InChI=1S/C23H26F4N6OS/c1-13-20(34-12-29-13)21-30-31-22(32(21)2)35-9-3-8-33-11-14-6-7-28-18(14)19(33)16-5-4-15(10-17(16)24)23(25,26)27/h4-5,10,12,14,18-19,28H,3,6-9,11H2,1-2H3. The Morgan fingerprint density at radius 2 is 2.09 bits per heavy atom. The molecule has 3 atom stereocenters. The second-order valence-corrected chi connectivity index (χ2v) is 10.1. The van der Waals surface area contributed by atoms with E-state index < -0.39 is 17.6 Å². The molecule has 3 unspecified atom stereocenters. The maximum Gasteiger partial charge on any atom is 0.416 e. The third-order valence-corrected chi connectivity index (χ3v) is 7.96. The van der Waals surface area contributed by atoms with Crippen molar-refractivity contribution in [2.45, 2.75) is 43.2 Å². The zero-order valence-corrected chi connectivity index (χ0v) is 20.2. The molecule has 2 aliphatic rings. The predicted octanol–water partition coefficient (Wildman–Crippen LogP) is 4.45. The molecule has 35 heavy (non-hydrogen) atoms. The molecule has 2 fully saturated rings. The van der Waals surface area contributed by atoms with Crippen LogP contribution >= 0.6 is 11.8 Å². The number of aromatic nitrogens is 4. The van der Waals surface area contributed by atoms with Crippen molar-refractivity contribution in [2.75, 3.05) is 25.4 Å². The smallest absolute Gasteiger partial charge is 0.416 e. The van der Waals surface area contributed by atoms with Gasteiger partial charge in [0.2, 0.25) is 5.82 Å². The fourth-order valence-corrected chi connectivity index (χ4v) is 5.98. The minimum absolute atomic E-state index is 0.0420. The highest BCUT2D eigenvalue weighted by molar-refractivity contribution is 7.99. The lowest BCUT2D eigenvalue weighted by molar-refractivity contribution is -0.137. The average Bonchev–Trinajstić information content (AvgIpc) is 3.56. The van der Waals surface area contributed by atoms with Crippen LogP contribution in [0.2, 0.25) is 0 Å². The number of nitrogens with one attached hydrogen (secondary N) is 1. The molecule has 0 radical (unpaired) electrons. The second kappa shape index (κ2) is 9.55. The van der Waals surface area contributed by atoms with Gasteiger partial charge in [0.1, 0.15) is 5.82 Å². The zero-order valence-electron chi connectivity index (χ0n) is 19.3. The van der Waals surface area contributed by atoms with Gasteiger partial charge in [0.15, 0.2) is 17.3 Å². The van der Waals surface area contributed by atoms with Crippen LogP contribution in [-0.2, 0) is 13.2 Å². The number of rotatable bonds is 7. The number of alkyl halides is 3. The number of thioether (sulfide) groups is 1. The number of hydrogen-bond donors (Lipinski definition) is 1. The number of oxazole rings is 1. The summed E-state index contributed by atoms with van der Waals surface area (Å²) >= 11 is 1.57. The van der Waals surface area contributed by atoms with Crippen LogP contribution in [0.25, 0.3) is 11.6 Å². The Bertz CT molecular complexity index is 1200. The molecular formula is C23H26F4N6OS. The molecule has 3 aromatic rings. The van der Waals surface area contributed by atoms with Crippen LogP contribution in [0.1, 0.15) is 35.7 Å². The molecule has 7 nitrogen and oxygen atoms in total. The summed E-state index contributed by atoms with van der Waals surface area (Å²) in [6.45, 7) is 4.19. The summed E-state index contributed by atoms with van der Waals surface area (Å²) in [5.74, 6) is 1.53. The van der Waals surface area contributed by atoms with Crippen molar-refractivity contribution in [3.8, 4) is 11.6 Å². The van der Waals surface area contributed by atoms with E-state index in [0.717, 1.165) is 48.6 Å². The van der Waals surface area contributed by atoms with E-state index in [-0.39, 0.29) is 12.1 Å².